The van der Waals surface area contributed by atoms with E-state index in [1.54, 1.807) is 24.3 Å². The number of oxazole rings is 1. The number of rotatable bonds is 6. The van der Waals surface area contributed by atoms with Crippen molar-refractivity contribution < 1.29 is 23.5 Å². The highest BCUT2D eigenvalue weighted by atomic mass is 16.5. The van der Waals surface area contributed by atoms with E-state index in [-0.39, 0.29) is 5.56 Å². The van der Waals surface area contributed by atoms with E-state index >= 15 is 0 Å². The lowest BCUT2D eigenvalue weighted by Crippen LogP contribution is -2.30. The van der Waals surface area contributed by atoms with Gasteiger partial charge in [-0.05, 0) is 60.8 Å². The molecule has 178 valence electrons. The fourth-order valence-corrected chi connectivity index (χ4v) is 3.92. The van der Waals surface area contributed by atoms with E-state index in [0.717, 1.165) is 5.39 Å². The monoisotopic (exact) mass is 479 g/mol. The standard InChI is InChI=1S/C28H21N3O5/c1-16(26(33)30-19-14-12-18(13-15-19)25(29)32)35-28(34)21-9-5-7-17-6-4-8-20(24(17)21)27-31-22-10-2-3-11-23(22)36-27/h2-16H,1H3,(H2,29,32)(H,30,33). The van der Waals surface area contributed by atoms with Gasteiger partial charge < -0.3 is 20.2 Å². The molecule has 0 bridgehead atoms. The lowest BCUT2D eigenvalue weighted by Gasteiger charge is -2.15. The van der Waals surface area contributed by atoms with Crippen molar-refractivity contribution in [3.05, 3.63) is 96.1 Å². The fourth-order valence-electron chi connectivity index (χ4n) is 3.92. The zero-order chi connectivity index (χ0) is 25.2. The third-order valence-corrected chi connectivity index (χ3v) is 5.74. The number of nitrogens with two attached hydrogens (primary N) is 1. The molecule has 5 aromatic rings. The highest BCUT2D eigenvalue weighted by molar-refractivity contribution is 6.11. The second-order valence-corrected chi connectivity index (χ2v) is 8.17. The van der Waals surface area contributed by atoms with Crippen LogP contribution in [0.3, 0.4) is 0 Å². The van der Waals surface area contributed by atoms with Gasteiger partial charge in [0.25, 0.3) is 5.91 Å². The van der Waals surface area contributed by atoms with Gasteiger partial charge >= 0.3 is 5.97 Å². The summed E-state index contributed by atoms with van der Waals surface area (Å²) in [4.78, 5) is 41.6. The molecule has 3 N–H and O–H groups in total. The Balaban J connectivity index is 1.41. The summed E-state index contributed by atoms with van der Waals surface area (Å²) >= 11 is 0. The van der Waals surface area contributed by atoms with E-state index < -0.39 is 23.9 Å². The van der Waals surface area contributed by atoms with Crippen LogP contribution < -0.4 is 11.1 Å². The first-order valence-electron chi connectivity index (χ1n) is 11.2. The van der Waals surface area contributed by atoms with Crippen molar-refractivity contribution in [2.45, 2.75) is 13.0 Å². The van der Waals surface area contributed by atoms with Crippen LogP contribution in [0.5, 0.6) is 0 Å². The van der Waals surface area contributed by atoms with Crippen molar-refractivity contribution in [2.75, 3.05) is 5.32 Å². The number of nitrogens with one attached hydrogen (secondary N) is 1. The third-order valence-electron chi connectivity index (χ3n) is 5.74. The first-order chi connectivity index (χ1) is 17.4. The molecule has 0 aliphatic rings. The molecule has 1 atom stereocenters. The number of carbonyl (C=O) groups excluding carboxylic acids is 3. The molecule has 0 saturated carbocycles. The van der Waals surface area contributed by atoms with Gasteiger partial charge in [-0.1, -0.05) is 36.4 Å². The summed E-state index contributed by atoms with van der Waals surface area (Å²) in [6.45, 7) is 1.48. The van der Waals surface area contributed by atoms with Crippen LogP contribution in [0, 0.1) is 0 Å². The van der Waals surface area contributed by atoms with Gasteiger partial charge in [0.2, 0.25) is 11.8 Å². The van der Waals surface area contributed by atoms with Gasteiger partial charge in [0.15, 0.2) is 11.7 Å². The lowest BCUT2D eigenvalue weighted by molar-refractivity contribution is -0.123. The Kier molecular flexibility index (Phi) is 5.92. The molecule has 36 heavy (non-hydrogen) atoms. The highest BCUT2D eigenvalue weighted by Gasteiger charge is 2.23. The molecular weight excluding hydrogens is 458 g/mol. The molecule has 0 fully saturated rings. The van der Waals surface area contributed by atoms with Crippen LogP contribution in [-0.4, -0.2) is 28.9 Å². The van der Waals surface area contributed by atoms with Crippen LogP contribution >= 0.6 is 0 Å². The van der Waals surface area contributed by atoms with Crippen LogP contribution in [0.15, 0.2) is 89.3 Å². The maximum Gasteiger partial charge on any atom is 0.339 e. The van der Waals surface area contributed by atoms with E-state index in [9.17, 15) is 14.4 Å². The first-order valence-corrected chi connectivity index (χ1v) is 11.2. The zero-order valence-electron chi connectivity index (χ0n) is 19.2. The Morgan fingerprint density at radius 3 is 2.36 bits per heavy atom. The summed E-state index contributed by atoms with van der Waals surface area (Å²) in [6, 6.07) is 24.3. The van der Waals surface area contributed by atoms with Crippen molar-refractivity contribution in [2.24, 2.45) is 5.73 Å². The van der Waals surface area contributed by atoms with Crippen molar-refractivity contribution in [3.8, 4) is 11.5 Å². The van der Waals surface area contributed by atoms with Crippen LogP contribution in [-0.2, 0) is 9.53 Å². The predicted octanol–water partition coefficient (Wildman–Crippen LogP) is 4.93. The number of primary amides is 1. The molecule has 0 aliphatic heterocycles. The second kappa shape index (κ2) is 9.34. The smallest absolute Gasteiger partial charge is 0.339 e. The molecule has 2 amide bonds. The number of esters is 1. The zero-order valence-corrected chi connectivity index (χ0v) is 19.2. The molecule has 4 aromatic carbocycles. The number of nitrogens with zero attached hydrogens (tertiary/aromatic N) is 1. The Hall–Kier alpha value is -4.98. The SMILES string of the molecule is CC(OC(=O)c1cccc2cccc(-c3nc4ccccc4o3)c12)C(=O)Nc1ccc(C(N)=O)cc1. The number of ether oxygens (including phenoxy) is 1. The van der Waals surface area contributed by atoms with Gasteiger partial charge in [0.1, 0.15) is 5.52 Å². The van der Waals surface area contributed by atoms with Gasteiger partial charge in [-0.2, -0.15) is 0 Å². The Bertz CT molecular complexity index is 1580. The maximum absolute atomic E-state index is 13.2. The molecule has 5 rings (SSSR count). The number of amides is 2. The summed E-state index contributed by atoms with van der Waals surface area (Å²) < 4.78 is 11.5. The largest absolute Gasteiger partial charge is 0.449 e. The summed E-state index contributed by atoms with van der Waals surface area (Å²) in [5.41, 5.74) is 8.27. The number of hydrogen-bond acceptors (Lipinski definition) is 6. The normalized spacial score (nSPS) is 11.8. The minimum absolute atomic E-state index is 0.288. The topological polar surface area (TPSA) is 125 Å². The molecule has 1 unspecified atom stereocenters. The highest BCUT2D eigenvalue weighted by Crippen LogP contribution is 2.33. The van der Waals surface area contributed by atoms with Crippen molar-refractivity contribution >= 4 is 45.3 Å². The number of fused-ring (bicyclic) bond motifs is 2. The maximum atomic E-state index is 13.2. The summed E-state index contributed by atoms with van der Waals surface area (Å²) in [5.74, 6) is -1.36. The van der Waals surface area contributed by atoms with Gasteiger partial charge in [0, 0.05) is 22.2 Å². The Labute approximate surface area is 205 Å². The van der Waals surface area contributed by atoms with E-state index in [2.05, 4.69) is 10.3 Å². The summed E-state index contributed by atoms with van der Waals surface area (Å²) in [6.07, 6.45) is -1.08. The molecule has 0 aliphatic carbocycles. The number of aromatic nitrogens is 1. The van der Waals surface area contributed by atoms with Gasteiger partial charge in [-0.15, -0.1) is 0 Å². The average Bonchev–Trinajstić information content (AvgIpc) is 3.32. The third kappa shape index (κ3) is 4.39. The lowest BCUT2D eigenvalue weighted by atomic mass is 9.99. The molecule has 1 aromatic heterocycles. The number of carbonyl (C=O) groups is 3. The minimum atomic E-state index is -1.08. The van der Waals surface area contributed by atoms with Crippen molar-refractivity contribution in [1.29, 1.82) is 0 Å². The summed E-state index contributed by atoms with van der Waals surface area (Å²) in [7, 11) is 0. The predicted molar refractivity (Wildman–Crippen MR) is 135 cm³/mol. The number of para-hydroxylation sites is 2. The van der Waals surface area contributed by atoms with E-state index in [1.807, 2.05) is 48.5 Å². The van der Waals surface area contributed by atoms with Crippen molar-refractivity contribution in [1.82, 2.24) is 4.98 Å². The van der Waals surface area contributed by atoms with Crippen LogP contribution in [0.1, 0.15) is 27.6 Å². The fraction of sp³-hybridized carbons (Fsp3) is 0.0714. The molecular formula is C28H21N3O5. The minimum Gasteiger partial charge on any atom is -0.449 e. The van der Waals surface area contributed by atoms with E-state index in [1.165, 1.54) is 19.1 Å². The number of benzene rings is 4. The molecule has 0 saturated heterocycles. The Morgan fingerprint density at radius 1 is 0.917 bits per heavy atom. The molecule has 8 heteroatoms. The average molecular weight is 479 g/mol. The quantitative estimate of drug-likeness (QED) is 0.333. The second-order valence-electron chi connectivity index (χ2n) is 8.17. The van der Waals surface area contributed by atoms with E-state index in [0.29, 0.717) is 39.2 Å². The Morgan fingerprint density at radius 2 is 1.64 bits per heavy atom. The number of anilines is 1. The molecule has 1 heterocycles. The number of hydrogen-bond donors (Lipinski definition) is 2. The molecule has 0 spiro atoms. The van der Waals surface area contributed by atoms with Crippen LogP contribution in [0.4, 0.5) is 5.69 Å². The molecule has 8 nitrogen and oxygen atoms in total. The summed E-state index contributed by atoms with van der Waals surface area (Å²) in [5, 5.41) is 4.08. The molecule has 0 radical (unpaired) electrons. The van der Waals surface area contributed by atoms with Gasteiger partial charge in [-0.25, -0.2) is 9.78 Å². The first kappa shape index (κ1) is 22.8. The van der Waals surface area contributed by atoms with Gasteiger partial charge in [-0.3, -0.25) is 9.59 Å². The van der Waals surface area contributed by atoms with Gasteiger partial charge in [0.05, 0.1) is 5.56 Å². The van der Waals surface area contributed by atoms with Crippen LogP contribution in [0.25, 0.3) is 33.3 Å². The van der Waals surface area contributed by atoms with Crippen LogP contribution in [0.2, 0.25) is 0 Å². The van der Waals surface area contributed by atoms with E-state index in [4.69, 9.17) is 14.9 Å². The van der Waals surface area contributed by atoms with Crippen molar-refractivity contribution in [3.63, 3.8) is 0 Å².